The van der Waals surface area contributed by atoms with Crippen molar-refractivity contribution in [2.45, 2.75) is 12.5 Å². The number of rotatable bonds is 5. The third kappa shape index (κ3) is 4.17. The molecule has 2 saturated heterocycles. The molecule has 40 heavy (non-hydrogen) atoms. The minimum atomic E-state index is -0.00734. The van der Waals surface area contributed by atoms with Gasteiger partial charge < -0.3 is 24.7 Å². The van der Waals surface area contributed by atoms with E-state index in [1.54, 1.807) is 6.20 Å². The van der Waals surface area contributed by atoms with Crippen LogP contribution in [0.2, 0.25) is 0 Å². The third-order valence-corrected chi connectivity index (χ3v) is 8.12. The summed E-state index contributed by atoms with van der Waals surface area (Å²) in [7, 11) is 0. The highest BCUT2D eigenvalue weighted by Crippen LogP contribution is 2.51. The zero-order chi connectivity index (χ0) is 27.2. The van der Waals surface area contributed by atoms with Gasteiger partial charge in [-0.1, -0.05) is 30.7 Å². The van der Waals surface area contributed by atoms with E-state index in [9.17, 15) is 4.79 Å². The van der Waals surface area contributed by atoms with Crippen LogP contribution in [-0.2, 0) is 9.53 Å². The molecule has 1 aliphatic carbocycles. The second-order valence-electron chi connectivity index (χ2n) is 10.4. The number of nitrogens with zero attached hydrogens (tertiary/aromatic N) is 5. The number of benzene rings is 1. The van der Waals surface area contributed by atoms with Gasteiger partial charge in [0.25, 0.3) is 0 Å². The Morgan fingerprint density at radius 1 is 1.12 bits per heavy atom. The van der Waals surface area contributed by atoms with Crippen LogP contribution in [0.15, 0.2) is 67.6 Å². The molecule has 2 N–H and O–H groups in total. The summed E-state index contributed by atoms with van der Waals surface area (Å²) in [6, 6.07) is 13.5. The largest absolute Gasteiger partial charge is 0.439 e. The number of aromatic nitrogens is 4. The average molecular weight is 533 g/mol. The van der Waals surface area contributed by atoms with Crippen molar-refractivity contribution < 1.29 is 14.3 Å². The van der Waals surface area contributed by atoms with Gasteiger partial charge in [0, 0.05) is 43.4 Å². The highest BCUT2D eigenvalue weighted by Gasteiger charge is 2.55. The molecule has 2 aliphatic heterocycles. The van der Waals surface area contributed by atoms with Crippen molar-refractivity contribution in [2.24, 2.45) is 17.8 Å². The summed E-state index contributed by atoms with van der Waals surface area (Å²) in [5, 5.41) is 0.788. The molecule has 3 fully saturated rings. The molecule has 9 heteroatoms. The fourth-order valence-corrected chi connectivity index (χ4v) is 6.06. The number of pyridine rings is 1. The summed E-state index contributed by atoms with van der Waals surface area (Å²) >= 11 is 0. The van der Waals surface area contributed by atoms with Crippen LogP contribution < -0.4 is 10.5 Å². The van der Waals surface area contributed by atoms with Gasteiger partial charge in [-0.2, -0.15) is 0 Å². The van der Waals surface area contributed by atoms with Gasteiger partial charge in [-0.25, -0.2) is 15.0 Å². The van der Waals surface area contributed by atoms with E-state index in [4.69, 9.17) is 15.2 Å². The Labute approximate surface area is 231 Å². The lowest BCUT2D eigenvalue weighted by atomic mass is 10.0. The number of piperidine rings is 1. The number of carbonyl (C=O) groups excluding carboxylic acids is 1. The van der Waals surface area contributed by atoms with E-state index in [-0.39, 0.29) is 17.9 Å². The second-order valence-corrected chi connectivity index (χ2v) is 10.4. The van der Waals surface area contributed by atoms with Gasteiger partial charge in [0.1, 0.15) is 29.2 Å². The standard InChI is InChI=1S/C31H28N6O3/c1-2-27(38)36-15-23-22(24(23)16-36)10-11-25-28(19-6-8-21(9-7-19)40-26-5-3-4-13-33-26)29-30(32)34-18-35-31(29)37(25)20-12-14-39-17-20/h2-9,13,18,20,22-24H,1,12,14-17H2,(H2,32,34,35)/t20?,22?,23-,24+. The average Bonchev–Trinajstić information content (AvgIpc) is 3.44. The van der Waals surface area contributed by atoms with Gasteiger partial charge in [0.15, 0.2) is 0 Å². The second kappa shape index (κ2) is 9.81. The SMILES string of the molecule is C=CC(=O)N1C[C@@H]2C(C#Cc3c(-c4ccc(Oc5ccccn5)cc4)c4c(N)ncnc4n3C3CCOC3)[C@@H]2C1. The van der Waals surface area contributed by atoms with Gasteiger partial charge in [-0.05, 0) is 54.0 Å². The van der Waals surface area contributed by atoms with Gasteiger partial charge >= 0.3 is 0 Å². The fraction of sp³-hybridized carbons (Fsp3) is 0.290. The summed E-state index contributed by atoms with van der Waals surface area (Å²) in [5.74, 6) is 9.77. The third-order valence-electron chi connectivity index (χ3n) is 8.12. The predicted octanol–water partition coefficient (Wildman–Crippen LogP) is 4.07. The Kier molecular flexibility index (Phi) is 5.98. The summed E-state index contributed by atoms with van der Waals surface area (Å²) in [4.78, 5) is 27.1. The number of fused-ring (bicyclic) bond motifs is 2. The highest BCUT2D eigenvalue weighted by atomic mass is 16.5. The van der Waals surface area contributed by atoms with Crippen molar-refractivity contribution >= 4 is 22.8 Å². The molecule has 9 nitrogen and oxygen atoms in total. The predicted molar refractivity (Wildman–Crippen MR) is 150 cm³/mol. The van der Waals surface area contributed by atoms with Crippen molar-refractivity contribution in [3.8, 4) is 34.6 Å². The van der Waals surface area contributed by atoms with Crippen LogP contribution >= 0.6 is 0 Å². The van der Waals surface area contributed by atoms with Crippen LogP contribution in [0.4, 0.5) is 5.82 Å². The lowest BCUT2D eigenvalue weighted by Gasteiger charge is -2.16. The van der Waals surface area contributed by atoms with Crippen LogP contribution in [0.3, 0.4) is 0 Å². The molecule has 4 aromatic rings. The summed E-state index contributed by atoms with van der Waals surface area (Å²) in [6.07, 6.45) is 5.46. The number of nitrogen functional groups attached to an aromatic ring is 1. The Balaban J connectivity index is 1.29. The first-order chi connectivity index (χ1) is 19.6. The monoisotopic (exact) mass is 532 g/mol. The lowest BCUT2D eigenvalue weighted by Crippen LogP contribution is -2.29. The molecular weight excluding hydrogens is 504 g/mol. The van der Waals surface area contributed by atoms with Gasteiger partial charge in [0.2, 0.25) is 11.8 Å². The molecule has 3 aromatic heterocycles. The van der Waals surface area contributed by atoms with E-state index in [1.807, 2.05) is 47.4 Å². The molecule has 0 spiro atoms. The maximum absolute atomic E-state index is 12.0. The molecular formula is C31H28N6O3. The first-order valence-electron chi connectivity index (χ1n) is 13.5. The number of carbonyl (C=O) groups is 1. The zero-order valence-electron chi connectivity index (χ0n) is 21.9. The van der Waals surface area contributed by atoms with E-state index < -0.39 is 0 Å². The molecule has 7 rings (SSSR count). The van der Waals surface area contributed by atoms with E-state index in [0.29, 0.717) is 42.5 Å². The number of nitrogens with two attached hydrogens (primary N) is 1. The molecule has 0 bridgehead atoms. The van der Waals surface area contributed by atoms with Crippen LogP contribution in [0, 0.1) is 29.6 Å². The number of hydrogen-bond donors (Lipinski definition) is 1. The quantitative estimate of drug-likeness (QED) is 0.305. The number of amides is 1. The Morgan fingerprint density at radius 3 is 2.65 bits per heavy atom. The van der Waals surface area contributed by atoms with Gasteiger partial charge in [0.05, 0.1) is 18.0 Å². The molecule has 0 radical (unpaired) electrons. The summed E-state index contributed by atoms with van der Waals surface area (Å²) in [5.41, 5.74) is 9.96. The number of anilines is 1. The Hall–Kier alpha value is -4.68. The molecule has 3 aliphatic rings. The van der Waals surface area contributed by atoms with E-state index in [1.165, 1.54) is 12.4 Å². The normalized spacial score (nSPS) is 22.9. The van der Waals surface area contributed by atoms with Crippen LogP contribution in [0.1, 0.15) is 18.2 Å². The highest BCUT2D eigenvalue weighted by molar-refractivity contribution is 6.03. The Morgan fingerprint density at radius 2 is 1.95 bits per heavy atom. The molecule has 1 saturated carbocycles. The lowest BCUT2D eigenvalue weighted by molar-refractivity contribution is -0.125. The number of ether oxygens (including phenoxy) is 2. The maximum atomic E-state index is 12.0. The van der Waals surface area contributed by atoms with E-state index in [0.717, 1.165) is 47.4 Å². The van der Waals surface area contributed by atoms with Crippen molar-refractivity contribution in [1.82, 2.24) is 24.4 Å². The molecule has 1 amide bonds. The zero-order valence-corrected chi connectivity index (χ0v) is 21.9. The van der Waals surface area contributed by atoms with Crippen molar-refractivity contribution in [3.63, 3.8) is 0 Å². The fourth-order valence-electron chi connectivity index (χ4n) is 6.06. The van der Waals surface area contributed by atoms with Crippen LogP contribution in [0.5, 0.6) is 11.6 Å². The first kappa shape index (κ1) is 24.4. The maximum Gasteiger partial charge on any atom is 0.245 e. The summed E-state index contributed by atoms with van der Waals surface area (Å²) in [6.45, 7) is 6.36. The van der Waals surface area contributed by atoms with E-state index >= 15 is 0 Å². The topological polar surface area (TPSA) is 108 Å². The van der Waals surface area contributed by atoms with Crippen molar-refractivity contribution in [1.29, 1.82) is 0 Å². The molecule has 200 valence electrons. The van der Waals surface area contributed by atoms with Crippen molar-refractivity contribution in [2.75, 3.05) is 32.0 Å². The first-order valence-corrected chi connectivity index (χ1v) is 13.5. The van der Waals surface area contributed by atoms with Crippen LogP contribution in [0.25, 0.3) is 22.2 Å². The molecule has 2 unspecified atom stereocenters. The number of hydrogen-bond acceptors (Lipinski definition) is 7. The minimum absolute atomic E-state index is 0.00734. The molecule has 4 atom stereocenters. The van der Waals surface area contributed by atoms with Gasteiger partial charge in [-0.3, -0.25) is 4.79 Å². The van der Waals surface area contributed by atoms with E-state index in [2.05, 4.69) is 37.9 Å². The van der Waals surface area contributed by atoms with Gasteiger partial charge in [-0.15, -0.1) is 0 Å². The summed E-state index contributed by atoms with van der Waals surface area (Å²) < 4.78 is 13.9. The number of likely N-dealkylation sites (tertiary alicyclic amines) is 1. The van der Waals surface area contributed by atoms with Crippen molar-refractivity contribution in [3.05, 3.63) is 73.3 Å². The minimum Gasteiger partial charge on any atom is -0.439 e. The molecule has 1 aromatic carbocycles. The smallest absolute Gasteiger partial charge is 0.245 e. The van der Waals surface area contributed by atoms with Crippen LogP contribution in [-0.4, -0.2) is 56.6 Å². The molecule has 5 heterocycles. The Bertz CT molecular complexity index is 1650.